The summed E-state index contributed by atoms with van der Waals surface area (Å²) in [7, 11) is -4.63. The van der Waals surface area contributed by atoms with Gasteiger partial charge >= 0.3 is 0 Å². The monoisotopic (exact) mass is 455 g/mol. The van der Waals surface area contributed by atoms with Gasteiger partial charge in [-0.3, -0.25) is 8.89 Å². The molecule has 0 amide bonds. The second-order valence-electron chi connectivity index (χ2n) is 7.59. The maximum atomic E-state index is 12.6. The Balaban J connectivity index is 1.58. The van der Waals surface area contributed by atoms with E-state index in [1.54, 1.807) is 6.92 Å². The van der Waals surface area contributed by atoms with Crippen LogP contribution < -0.4 is 4.72 Å². The fraction of sp³-hybridized carbons (Fsp3) is 0.261. The van der Waals surface area contributed by atoms with Crippen LogP contribution in [0.3, 0.4) is 0 Å². The maximum Gasteiger partial charge on any atom is 0.234 e. The van der Waals surface area contributed by atoms with Gasteiger partial charge in [-0.2, -0.15) is 5.10 Å². The lowest BCUT2D eigenvalue weighted by Gasteiger charge is -2.14. The molecule has 0 radical (unpaired) electrons. The molecule has 4 rings (SSSR count). The Morgan fingerprint density at radius 2 is 1.81 bits per heavy atom. The zero-order valence-corrected chi connectivity index (χ0v) is 18.9. The molecule has 1 N–H and O–H groups in total. The Kier molecular flexibility index (Phi) is 6.50. The van der Waals surface area contributed by atoms with Crippen molar-refractivity contribution in [2.24, 2.45) is 0 Å². The summed E-state index contributed by atoms with van der Waals surface area (Å²) in [5.41, 5.74) is 4.48. The molecule has 31 heavy (non-hydrogen) atoms. The van der Waals surface area contributed by atoms with Crippen LogP contribution in [0.1, 0.15) is 41.0 Å². The molecule has 2 aromatic carbocycles. The summed E-state index contributed by atoms with van der Waals surface area (Å²) < 4.78 is 42.0. The fourth-order valence-corrected chi connectivity index (χ4v) is 5.92. The molecule has 0 spiro atoms. The molecule has 162 valence electrons. The van der Waals surface area contributed by atoms with Crippen molar-refractivity contribution in [2.45, 2.75) is 31.7 Å². The molecule has 8 heteroatoms. The van der Waals surface area contributed by atoms with Gasteiger partial charge in [0.15, 0.2) is 0 Å². The summed E-state index contributed by atoms with van der Waals surface area (Å²) in [6, 6.07) is 19.0. The topological polar surface area (TPSA) is 81.1 Å². The first-order valence-corrected chi connectivity index (χ1v) is 13.2. The predicted octanol–water partition coefficient (Wildman–Crippen LogP) is 3.39. The first-order valence-electron chi connectivity index (χ1n) is 10.1. The molecule has 1 aromatic heterocycles. The molecule has 2 heterocycles. The number of hydrogen-bond donors (Lipinski definition) is 1. The number of fused-ring (bicyclic) bond motifs is 1. The molecule has 1 aliphatic heterocycles. The van der Waals surface area contributed by atoms with E-state index in [0.717, 1.165) is 27.8 Å². The van der Waals surface area contributed by atoms with Crippen LogP contribution in [0, 0.1) is 0 Å². The highest BCUT2D eigenvalue weighted by Crippen LogP contribution is 2.25. The predicted molar refractivity (Wildman–Crippen MR) is 124 cm³/mol. The highest BCUT2D eigenvalue weighted by atomic mass is 32.2. The van der Waals surface area contributed by atoms with Crippen molar-refractivity contribution in [3.63, 3.8) is 0 Å². The van der Waals surface area contributed by atoms with Crippen LogP contribution >= 0.6 is 0 Å². The van der Waals surface area contributed by atoms with E-state index in [9.17, 15) is 12.6 Å². The summed E-state index contributed by atoms with van der Waals surface area (Å²) in [4.78, 5) is 0. The van der Waals surface area contributed by atoms with Crippen molar-refractivity contribution < 1.29 is 12.6 Å². The minimum Gasteiger partial charge on any atom is -0.264 e. The number of nitrogens with one attached hydrogen (secondary N) is 1. The van der Waals surface area contributed by atoms with E-state index in [-0.39, 0.29) is 6.04 Å². The standard InChI is InChI=1S/C23H25N3O3S2/c1-18(20-10-6-3-7-11-20)25-31(28,29)15-13-22-21-17-30(27)14-12-23(21)26(24-22)16-19-8-4-2-5-9-19/h2-11,13,15,18,25H,12,14,16-17H2,1H3. The van der Waals surface area contributed by atoms with Crippen molar-refractivity contribution in [1.82, 2.24) is 14.5 Å². The summed E-state index contributed by atoms with van der Waals surface area (Å²) in [5.74, 6) is 1.00. The van der Waals surface area contributed by atoms with E-state index in [4.69, 9.17) is 0 Å². The Morgan fingerprint density at radius 1 is 1.13 bits per heavy atom. The second-order valence-corrected chi connectivity index (χ2v) is 10.8. The van der Waals surface area contributed by atoms with E-state index in [2.05, 4.69) is 9.82 Å². The van der Waals surface area contributed by atoms with Crippen LogP contribution in [0.4, 0.5) is 0 Å². The molecule has 0 bridgehead atoms. The van der Waals surface area contributed by atoms with Crippen molar-refractivity contribution in [3.8, 4) is 0 Å². The molecule has 2 atom stereocenters. The van der Waals surface area contributed by atoms with E-state index in [1.807, 2.05) is 65.3 Å². The van der Waals surface area contributed by atoms with Crippen LogP contribution in [-0.2, 0) is 39.5 Å². The van der Waals surface area contributed by atoms with Gasteiger partial charge in [-0.15, -0.1) is 0 Å². The SMILES string of the molecule is CC(NS(=O)(=O)C=Cc1nn(Cc2ccccc2)c2c1CS(=O)CC2)c1ccccc1. The van der Waals surface area contributed by atoms with Crippen LogP contribution in [0.15, 0.2) is 66.1 Å². The third-order valence-corrected chi connectivity index (χ3v) is 7.74. The van der Waals surface area contributed by atoms with Crippen LogP contribution in [0.2, 0.25) is 0 Å². The number of sulfonamides is 1. The van der Waals surface area contributed by atoms with E-state index in [1.165, 1.54) is 6.08 Å². The lowest BCUT2D eigenvalue weighted by molar-refractivity contribution is 0.576. The van der Waals surface area contributed by atoms with Gasteiger partial charge in [0.1, 0.15) is 0 Å². The van der Waals surface area contributed by atoms with Gasteiger partial charge in [0.2, 0.25) is 10.0 Å². The van der Waals surface area contributed by atoms with Crippen molar-refractivity contribution in [2.75, 3.05) is 5.75 Å². The van der Waals surface area contributed by atoms with Gasteiger partial charge in [-0.05, 0) is 24.1 Å². The normalized spacial score (nSPS) is 17.5. The molecule has 6 nitrogen and oxygen atoms in total. The molecule has 2 unspecified atom stereocenters. The average Bonchev–Trinajstić information content (AvgIpc) is 3.10. The molecule has 0 fully saturated rings. The Morgan fingerprint density at radius 3 is 2.52 bits per heavy atom. The van der Waals surface area contributed by atoms with E-state index in [0.29, 0.717) is 30.2 Å². The van der Waals surface area contributed by atoms with Gasteiger partial charge in [-0.1, -0.05) is 60.7 Å². The summed E-state index contributed by atoms with van der Waals surface area (Å²) >= 11 is 0. The number of rotatable bonds is 7. The quantitative estimate of drug-likeness (QED) is 0.592. The molecule has 1 aliphatic rings. The second kappa shape index (κ2) is 9.30. The van der Waals surface area contributed by atoms with E-state index >= 15 is 0 Å². The number of aromatic nitrogens is 2. The highest BCUT2D eigenvalue weighted by molar-refractivity contribution is 7.92. The number of nitrogens with zero attached hydrogens (tertiary/aromatic N) is 2. The Bertz CT molecular complexity index is 1200. The van der Waals surface area contributed by atoms with Crippen molar-refractivity contribution in [1.29, 1.82) is 0 Å². The fourth-order valence-electron chi connectivity index (χ4n) is 3.71. The minimum atomic E-state index is -3.67. The first kappa shape index (κ1) is 21.7. The largest absolute Gasteiger partial charge is 0.264 e. The molecule has 3 aromatic rings. The first-order chi connectivity index (χ1) is 14.9. The lowest BCUT2D eigenvalue weighted by atomic mass is 10.1. The van der Waals surface area contributed by atoms with Crippen LogP contribution in [-0.4, -0.2) is 28.2 Å². The maximum absolute atomic E-state index is 12.6. The van der Waals surface area contributed by atoms with Crippen molar-refractivity contribution >= 4 is 26.9 Å². The van der Waals surface area contributed by atoms with Gasteiger partial charge < -0.3 is 0 Å². The third kappa shape index (κ3) is 5.39. The minimum absolute atomic E-state index is 0.354. The van der Waals surface area contributed by atoms with Gasteiger partial charge in [0, 0.05) is 45.7 Å². The summed E-state index contributed by atoms with van der Waals surface area (Å²) in [6.45, 7) is 2.40. The summed E-state index contributed by atoms with van der Waals surface area (Å²) in [6.07, 6.45) is 2.19. The molecular weight excluding hydrogens is 430 g/mol. The van der Waals surface area contributed by atoms with Crippen LogP contribution in [0.5, 0.6) is 0 Å². The molecule has 0 aliphatic carbocycles. The van der Waals surface area contributed by atoms with Gasteiger partial charge in [0.05, 0.1) is 18.0 Å². The van der Waals surface area contributed by atoms with E-state index < -0.39 is 20.8 Å². The number of benzene rings is 2. The highest BCUT2D eigenvalue weighted by Gasteiger charge is 2.24. The summed E-state index contributed by atoms with van der Waals surface area (Å²) in [5, 5.41) is 5.82. The third-order valence-electron chi connectivity index (χ3n) is 5.29. The van der Waals surface area contributed by atoms with Gasteiger partial charge in [0.25, 0.3) is 0 Å². The lowest BCUT2D eigenvalue weighted by Crippen LogP contribution is -2.24. The molecule has 0 saturated carbocycles. The molecule has 0 saturated heterocycles. The zero-order chi connectivity index (χ0) is 21.8. The molecular formula is C23H25N3O3S2. The van der Waals surface area contributed by atoms with Gasteiger partial charge in [-0.25, -0.2) is 13.1 Å². The van der Waals surface area contributed by atoms with Crippen LogP contribution in [0.25, 0.3) is 6.08 Å². The number of hydrogen-bond acceptors (Lipinski definition) is 4. The Hall–Kier alpha value is -2.55. The Labute approximate surface area is 185 Å². The average molecular weight is 456 g/mol. The zero-order valence-electron chi connectivity index (χ0n) is 17.3. The smallest absolute Gasteiger partial charge is 0.234 e. The van der Waals surface area contributed by atoms with Crippen molar-refractivity contribution in [3.05, 3.63) is 94.1 Å².